The highest BCUT2D eigenvalue weighted by molar-refractivity contribution is 6.30. The van der Waals surface area contributed by atoms with E-state index in [9.17, 15) is 14.7 Å². The normalized spacial score (nSPS) is 24.8. The number of ether oxygens (including phenoxy) is 2. The van der Waals surface area contributed by atoms with E-state index in [1.54, 1.807) is 53.4 Å². The number of piperidine rings is 1. The van der Waals surface area contributed by atoms with Gasteiger partial charge in [0.05, 0.1) is 18.9 Å². The lowest BCUT2D eigenvalue weighted by Crippen LogP contribution is -2.64. The van der Waals surface area contributed by atoms with E-state index < -0.39 is 23.5 Å². The van der Waals surface area contributed by atoms with Crippen molar-refractivity contribution >= 4 is 34.9 Å². The second-order valence-corrected chi connectivity index (χ2v) is 8.30. The first-order valence-electron chi connectivity index (χ1n) is 10.2. The number of hydrogen-bond donors (Lipinski definition) is 2. The van der Waals surface area contributed by atoms with Gasteiger partial charge in [0.15, 0.2) is 5.79 Å². The standard InChI is InChI=1S/C22H22ClN3O5/c23-15-5-7-16(8-6-15)26-20(28)24-18-4-2-1-3-17(18)22(26,29)19(27)25-11-9-21(10-12-25)30-13-14-31-21/h1-8,29H,9-14H2,(H,24,28). The molecule has 1 atom stereocenters. The van der Waals surface area contributed by atoms with Gasteiger partial charge in [-0.2, -0.15) is 0 Å². The van der Waals surface area contributed by atoms with Crippen molar-refractivity contribution in [2.75, 3.05) is 36.5 Å². The van der Waals surface area contributed by atoms with Gasteiger partial charge in [0.1, 0.15) is 0 Å². The first-order valence-corrected chi connectivity index (χ1v) is 10.6. The largest absolute Gasteiger partial charge is 0.359 e. The van der Waals surface area contributed by atoms with Crippen LogP contribution in [0.4, 0.5) is 16.2 Å². The monoisotopic (exact) mass is 443 g/mol. The predicted octanol–water partition coefficient (Wildman–Crippen LogP) is 2.90. The number of urea groups is 1. The van der Waals surface area contributed by atoms with Crippen LogP contribution in [0.25, 0.3) is 0 Å². The summed E-state index contributed by atoms with van der Waals surface area (Å²) < 4.78 is 11.5. The minimum absolute atomic E-state index is 0.309. The van der Waals surface area contributed by atoms with Gasteiger partial charge in [-0.05, 0) is 30.3 Å². The van der Waals surface area contributed by atoms with Crippen molar-refractivity contribution in [2.24, 2.45) is 0 Å². The van der Waals surface area contributed by atoms with E-state index in [0.717, 1.165) is 4.90 Å². The number of halogens is 1. The SMILES string of the molecule is O=C1Nc2ccccc2C(O)(C(=O)N2CCC3(CC2)OCCO3)N1c1ccc(Cl)cc1. The maximum atomic E-state index is 13.8. The molecule has 1 spiro atoms. The Balaban J connectivity index is 1.54. The molecule has 0 aliphatic carbocycles. The number of para-hydroxylation sites is 1. The summed E-state index contributed by atoms with van der Waals surface area (Å²) >= 11 is 6.00. The van der Waals surface area contributed by atoms with Crippen molar-refractivity contribution in [1.29, 1.82) is 0 Å². The minimum Gasteiger partial charge on any atom is -0.359 e. The fourth-order valence-corrected chi connectivity index (χ4v) is 4.62. The van der Waals surface area contributed by atoms with Gasteiger partial charge in [-0.25, -0.2) is 4.79 Å². The summed E-state index contributed by atoms with van der Waals surface area (Å²) in [5.74, 6) is -1.23. The number of hydrogen-bond acceptors (Lipinski definition) is 5. The molecule has 9 heteroatoms. The number of nitrogens with zero attached hydrogens (tertiary/aromatic N) is 2. The molecule has 2 aromatic rings. The van der Waals surface area contributed by atoms with Crippen LogP contribution in [0.1, 0.15) is 18.4 Å². The number of amides is 3. The number of nitrogens with one attached hydrogen (secondary N) is 1. The predicted molar refractivity (Wildman–Crippen MR) is 114 cm³/mol. The molecular formula is C22H22ClN3O5. The van der Waals surface area contributed by atoms with Crippen LogP contribution in [0.15, 0.2) is 48.5 Å². The molecule has 0 aromatic heterocycles. The highest BCUT2D eigenvalue weighted by Gasteiger charge is 2.54. The van der Waals surface area contributed by atoms with E-state index in [-0.39, 0.29) is 0 Å². The smallest absolute Gasteiger partial charge is 0.329 e. The van der Waals surface area contributed by atoms with Gasteiger partial charge < -0.3 is 24.8 Å². The van der Waals surface area contributed by atoms with Gasteiger partial charge >= 0.3 is 6.03 Å². The lowest BCUT2D eigenvalue weighted by Gasteiger charge is -2.46. The number of carbonyl (C=O) groups excluding carboxylic acids is 2. The molecule has 3 aliphatic heterocycles. The number of fused-ring (bicyclic) bond motifs is 1. The van der Waals surface area contributed by atoms with Gasteiger partial charge in [-0.15, -0.1) is 0 Å². The summed E-state index contributed by atoms with van der Waals surface area (Å²) in [6.07, 6.45) is 1.01. The summed E-state index contributed by atoms with van der Waals surface area (Å²) in [6.45, 7) is 1.77. The van der Waals surface area contributed by atoms with Crippen molar-refractivity contribution in [3.8, 4) is 0 Å². The number of benzene rings is 2. The molecule has 2 saturated heterocycles. The Morgan fingerprint density at radius 3 is 2.35 bits per heavy atom. The van der Waals surface area contributed by atoms with E-state index in [4.69, 9.17) is 21.1 Å². The van der Waals surface area contributed by atoms with E-state index in [2.05, 4.69) is 5.32 Å². The molecule has 2 fully saturated rings. The van der Waals surface area contributed by atoms with Crippen LogP contribution >= 0.6 is 11.6 Å². The third kappa shape index (κ3) is 3.27. The van der Waals surface area contributed by atoms with Crippen LogP contribution in [0.3, 0.4) is 0 Å². The molecule has 0 radical (unpaired) electrons. The summed E-state index contributed by atoms with van der Waals surface area (Å²) in [5, 5.41) is 15.2. The minimum atomic E-state index is -2.21. The van der Waals surface area contributed by atoms with Gasteiger partial charge in [0.25, 0.3) is 11.6 Å². The Morgan fingerprint density at radius 2 is 1.68 bits per heavy atom. The van der Waals surface area contributed by atoms with Crippen molar-refractivity contribution < 1.29 is 24.2 Å². The molecule has 3 aliphatic rings. The molecule has 0 bridgehead atoms. The molecular weight excluding hydrogens is 422 g/mol. The number of rotatable bonds is 2. The van der Waals surface area contributed by atoms with E-state index in [1.807, 2.05) is 0 Å². The van der Waals surface area contributed by atoms with Crippen LogP contribution in [-0.4, -0.2) is 54.0 Å². The summed E-state index contributed by atoms with van der Waals surface area (Å²) in [5.41, 5.74) is -1.16. The Hall–Kier alpha value is -2.65. The third-order valence-corrected chi connectivity index (χ3v) is 6.33. The molecule has 31 heavy (non-hydrogen) atoms. The summed E-state index contributed by atoms with van der Waals surface area (Å²) in [7, 11) is 0. The van der Waals surface area contributed by atoms with Gasteiger partial charge in [0, 0.05) is 42.2 Å². The zero-order chi connectivity index (χ0) is 21.6. The molecule has 162 valence electrons. The maximum absolute atomic E-state index is 13.8. The summed E-state index contributed by atoms with van der Waals surface area (Å²) in [6, 6.07) is 12.6. The zero-order valence-corrected chi connectivity index (χ0v) is 17.5. The van der Waals surface area contributed by atoms with E-state index in [1.165, 1.54) is 0 Å². The number of aliphatic hydroxyl groups is 1. The maximum Gasteiger partial charge on any atom is 0.329 e. The van der Waals surface area contributed by atoms with Crippen LogP contribution in [-0.2, 0) is 20.0 Å². The molecule has 0 saturated carbocycles. The van der Waals surface area contributed by atoms with Crippen molar-refractivity contribution in [3.63, 3.8) is 0 Å². The first-order chi connectivity index (χ1) is 14.9. The Bertz CT molecular complexity index is 1010. The van der Waals surface area contributed by atoms with Crippen LogP contribution in [0.2, 0.25) is 5.02 Å². The molecule has 5 rings (SSSR count). The van der Waals surface area contributed by atoms with Crippen LogP contribution in [0, 0.1) is 0 Å². The molecule has 3 amide bonds. The Labute approximate surface area is 184 Å². The Kier molecular flexibility index (Phi) is 4.90. The van der Waals surface area contributed by atoms with Crippen molar-refractivity contribution in [2.45, 2.75) is 24.4 Å². The second-order valence-electron chi connectivity index (χ2n) is 7.86. The average molecular weight is 444 g/mol. The quantitative estimate of drug-likeness (QED) is 0.744. The average Bonchev–Trinajstić information content (AvgIpc) is 3.23. The molecule has 2 aromatic carbocycles. The number of carbonyl (C=O) groups is 2. The van der Waals surface area contributed by atoms with E-state index in [0.29, 0.717) is 61.1 Å². The van der Waals surface area contributed by atoms with Gasteiger partial charge in [0.2, 0.25) is 0 Å². The van der Waals surface area contributed by atoms with Crippen LogP contribution < -0.4 is 10.2 Å². The van der Waals surface area contributed by atoms with Crippen molar-refractivity contribution in [3.05, 3.63) is 59.1 Å². The second kappa shape index (κ2) is 7.49. The molecule has 1 unspecified atom stereocenters. The first kappa shape index (κ1) is 20.3. The molecule has 8 nitrogen and oxygen atoms in total. The fraction of sp³-hybridized carbons (Fsp3) is 0.364. The highest BCUT2D eigenvalue weighted by Crippen LogP contribution is 2.42. The molecule has 2 N–H and O–H groups in total. The number of likely N-dealkylation sites (tertiary alicyclic amines) is 1. The highest BCUT2D eigenvalue weighted by atomic mass is 35.5. The zero-order valence-electron chi connectivity index (χ0n) is 16.7. The van der Waals surface area contributed by atoms with E-state index >= 15 is 0 Å². The van der Waals surface area contributed by atoms with Crippen molar-refractivity contribution in [1.82, 2.24) is 4.90 Å². The fourth-order valence-electron chi connectivity index (χ4n) is 4.50. The third-order valence-electron chi connectivity index (χ3n) is 6.08. The van der Waals surface area contributed by atoms with Gasteiger partial charge in [-0.3, -0.25) is 9.69 Å². The van der Waals surface area contributed by atoms with Gasteiger partial charge in [-0.1, -0.05) is 29.8 Å². The lowest BCUT2D eigenvalue weighted by molar-refractivity contribution is -0.192. The Morgan fingerprint density at radius 1 is 1.03 bits per heavy atom. The number of anilines is 2. The summed E-state index contributed by atoms with van der Waals surface area (Å²) in [4.78, 5) is 29.5. The molecule has 3 heterocycles. The lowest BCUT2D eigenvalue weighted by atomic mass is 9.93. The topological polar surface area (TPSA) is 91.3 Å². The van der Waals surface area contributed by atoms with Crippen LogP contribution in [0.5, 0.6) is 0 Å².